The van der Waals surface area contributed by atoms with E-state index < -0.39 is 29.7 Å². The minimum absolute atomic E-state index is 0.0992. The van der Waals surface area contributed by atoms with Gasteiger partial charge in [-0.25, -0.2) is 9.97 Å². The highest BCUT2D eigenvalue weighted by Gasteiger charge is 2.42. The van der Waals surface area contributed by atoms with Crippen molar-refractivity contribution in [3.05, 3.63) is 60.2 Å². The van der Waals surface area contributed by atoms with Crippen molar-refractivity contribution >= 4 is 52.2 Å². The molecule has 3 atom stereocenters. The number of alkyl halides is 3. The van der Waals surface area contributed by atoms with Crippen molar-refractivity contribution in [3.63, 3.8) is 0 Å². The average Bonchev–Trinajstić information content (AvgIpc) is 3.77. The van der Waals surface area contributed by atoms with Gasteiger partial charge in [0.2, 0.25) is 35.4 Å². The number of hydrogen-bond acceptors (Lipinski definition) is 12. The summed E-state index contributed by atoms with van der Waals surface area (Å²) in [4.78, 5) is 91.2. The molecular formula is C42H53F3N10O8. The monoisotopic (exact) mass is 882 g/mol. The van der Waals surface area contributed by atoms with Crippen LogP contribution in [0.2, 0.25) is 0 Å². The predicted octanol–water partition coefficient (Wildman–Crippen LogP) is 1.72. The first kappa shape index (κ1) is 46.5. The van der Waals surface area contributed by atoms with Gasteiger partial charge < -0.3 is 45.9 Å². The second kappa shape index (κ2) is 21.9. The standard InChI is InChI=1S/C42H53F3N10O8/c1-54-36(58)22-31(37(54)27-3-2-12-46-23-27)40(60)49-15-19-62-18-11-34(56)47-14-20-63-24-35(57)52-29-7-4-26(5-8-29)39(59)48-13-17-55-16-10-33(41(55)61)53-38-30-21-28(42(43,44)45)6-9-32(30)50-25-51-38/h2-3,6,9,12,21,23,25-26,29,31,33,37H,4-5,7-8,10-11,13-20,22,24H2,1H3,(H,47,56)(H,48,59)(H,49,60)(H,52,57)(H,50,51,53)/t26?,29?,31-,33-,37+/m0/s1. The highest BCUT2D eigenvalue weighted by atomic mass is 19.4. The zero-order chi connectivity index (χ0) is 44.9. The fourth-order valence-electron chi connectivity index (χ4n) is 8.11. The van der Waals surface area contributed by atoms with Crippen LogP contribution in [0.3, 0.4) is 0 Å². The summed E-state index contributed by atoms with van der Waals surface area (Å²) in [5.41, 5.74) is 0.266. The van der Waals surface area contributed by atoms with Crippen molar-refractivity contribution in [1.82, 2.24) is 46.0 Å². The van der Waals surface area contributed by atoms with Crippen LogP contribution in [0.1, 0.15) is 62.1 Å². The van der Waals surface area contributed by atoms with E-state index in [2.05, 4.69) is 41.5 Å². The van der Waals surface area contributed by atoms with Crippen LogP contribution in [-0.4, -0.2) is 138 Å². The van der Waals surface area contributed by atoms with Crippen molar-refractivity contribution in [2.45, 2.75) is 69.2 Å². The molecule has 3 aliphatic rings. The van der Waals surface area contributed by atoms with Gasteiger partial charge in [-0.1, -0.05) is 6.07 Å². The first-order chi connectivity index (χ1) is 30.3. The van der Waals surface area contributed by atoms with Crippen LogP contribution in [0.4, 0.5) is 19.0 Å². The van der Waals surface area contributed by atoms with Gasteiger partial charge in [-0.05, 0) is 61.9 Å². The molecule has 3 aromatic rings. The van der Waals surface area contributed by atoms with Crippen LogP contribution in [-0.2, 0) is 44.4 Å². The molecule has 2 saturated heterocycles. The molecule has 1 saturated carbocycles. The Balaban J connectivity index is 0.766. The molecule has 1 aliphatic carbocycles. The van der Waals surface area contributed by atoms with E-state index >= 15 is 0 Å². The highest BCUT2D eigenvalue weighted by Crippen LogP contribution is 2.37. The molecule has 21 heteroatoms. The lowest BCUT2D eigenvalue weighted by molar-refractivity contribution is -0.137. The SMILES string of the molecule is CN1C(=O)C[C@H](C(=O)NCCOCCC(=O)NCCOCC(=O)NC2CCC(C(=O)NCCN3CC[C@H](Nc4ncnc5ccc(C(F)(F)F)cc45)C3=O)CC2)[C@H]1c1cccnc1. The quantitative estimate of drug-likeness (QED) is 0.102. The summed E-state index contributed by atoms with van der Waals surface area (Å²) >= 11 is 0. The Morgan fingerprint density at radius 3 is 2.40 bits per heavy atom. The van der Waals surface area contributed by atoms with Crippen LogP contribution >= 0.6 is 0 Å². The number of hydrogen-bond donors (Lipinski definition) is 5. The second-order valence-corrected chi connectivity index (χ2v) is 15.8. The first-order valence-electron chi connectivity index (χ1n) is 21.1. The number of rotatable bonds is 20. The molecular weight excluding hydrogens is 830 g/mol. The molecule has 340 valence electrons. The van der Waals surface area contributed by atoms with Crippen LogP contribution in [0.15, 0.2) is 49.1 Å². The summed E-state index contributed by atoms with van der Waals surface area (Å²) in [6, 6.07) is 5.60. The molecule has 0 unspecified atom stereocenters. The maximum Gasteiger partial charge on any atom is 0.416 e. The van der Waals surface area contributed by atoms with Crippen LogP contribution in [0, 0.1) is 11.8 Å². The van der Waals surface area contributed by atoms with E-state index in [4.69, 9.17) is 9.47 Å². The largest absolute Gasteiger partial charge is 0.416 e. The van der Waals surface area contributed by atoms with E-state index in [1.54, 1.807) is 35.3 Å². The normalized spacial score (nSPS) is 21.4. The minimum Gasteiger partial charge on any atom is -0.379 e. The van der Waals surface area contributed by atoms with Gasteiger partial charge in [0.15, 0.2) is 0 Å². The van der Waals surface area contributed by atoms with Gasteiger partial charge in [0.05, 0.1) is 42.9 Å². The number of amides is 6. The number of aromatic nitrogens is 3. The number of benzene rings is 1. The topological polar surface area (TPSA) is 226 Å². The number of nitrogens with zero attached hydrogens (tertiary/aromatic N) is 5. The first-order valence-corrected chi connectivity index (χ1v) is 21.1. The van der Waals surface area contributed by atoms with Crippen molar-refractivity contribution in [2.75, 3.05) is 71.5 Å². The molecule has 18 nitrogen and oxygen atoms in total. The molecule has 63 heavy (non-hydrogen) atoms. The third-order valence-corrected chi connectivity index (χ3v) is 11.5. The minimum atomic E-state index is -4.54. The van der Waals surface area contributed by atoms with Crippen LogP contribution < -0.4 is 26.6 Å². The van der Waals surface area contributed by atoms with E-state index in [1.165, 1.54) is 12.4 Å². The number of pyridine rings is 1. The summed E-state index contributed by atoms with van der Waals surface area (Å²) in [6.45, 7) is 1.64. The van der Waals surface area contributed by atoms with Gasteiger partial charge in [-0.2, -0.15) is 13.2 Å². The third-order valence-electron chi connectivity index (χ3n) is 11.5. The maximum absolute atomic E-state index is 13.3. The Kier molecular flexibility index (Phi) is 16.2. The molecule has 2 aliphatic heterocycles. The zero-order valence-corrected chi connectivity index (χ0v) is 35.0. The summed E-state index contributed by atoms with van der Waals surface area (Å²) in [7, 11) is 1.67. The molecule has 2 aromatic heterocycles. The Bertz CT molecular complexity index is 2090. The lowest BCUT2D eigenvalue weighted by Gasteiger charge is -2.28. The number of likely N-dealkylation sites (tertiary alicyclic amines) is 2. The van der Waals surface area contributed by atoms with Gasteiger partial charge in [-0.15, -0.1) is 0 Å². The summed E-state index contributed by atoms with van der Waals surface area (Å²) in [5.74, 6) is -1.92. The zero-order valence-electron chi connectivity index (χ0n) is 35.0. The third kappa shape index (κ3) is 12.8. The summed E-state index contributed by atoms with van der Waals surface area (Å²) < 4.78 is 50.8. The smallest absolute Gasteiger partial charge is 0.379 e. The van der Waals surface area contributed by atoms with E-state index in [9.17, 15) is 41.9 Å². The van der Waals surface area contributed by atoms with Crippen molar-refractivity contribution in [1.29, 1.82) is 0 Å². The number of anilines is 1. The Morgan fingerprint density at radius 2 is 1.63 bits per heavy atom. The Labute approximate surface area is 361 Å². The maximum atomic E-state index is 13.3. The van der Waals surface area contributed by atoms with Gasteiger partial charge in [0.1, 0.15) is 24.8 Å². The van der Waals surface area contributed by atoms with E-state index in [1.807, 2.05) is 6.07 Å². The fraction of sp³-hybridized carbons (Fsp3) is 0.548. The number of carbonyl (C=O) groups is 6. The highest BCUT2D eigenvalue weighted by molar-refractivity contribution is 5.93. The molecule has 6 amide bonds. The molecule has 0 bridgehead atoms. The molecule has 5 N–H and O–H groups in total. The molecule has 0 spiro atoms. The van der Waals surface area contributed by atoms with Gasteiger partial charge in [0.25, 0.3) is 0 Å². The summed E-state index contributed by atoms with van der Waals surface area (Å²) in [5, 5.41) is 14.5. The number of carbonyl (C=O) groups excluding carboxylic acids is 6. The van der Waals surface area contributed by atoms with Crippen LogP contribution in [0.5, 0.6) is 0 Å². The van der Waals surface area contributed by atoms with Crippen LogP contribution in [0.25, 0.3) is 10.9 Å². The molecule has 0 radical (unpaired) electrons. The molecule has 1 aromatic carbocycles. The lowest BCUT2D eigenvalue weighted by Crippen LogP contribution is -2.43. The van der Waals surface area contributed by atoms with E-state index in [0.29, 0.717) is 44.2 Å². The van der Waals surface area contributed by atoms with Gasteiger partial charge >= 0.3 is 6.18 Å². The molecule has 4 heterocycles. The van der Waals surface area contributed by atoms with Crippen molar-refractivity contribution in [3.8, 4) is 0 Å². The predicted molar refractivity (Wildman–Crippen MR) is 220 cm³/mol. The summed E-state index contributed by atoms with van der Waals surface area (Å²) in [6.07, 6.45) is 2.97. The number of halogens is 3. The van der Waals surface area contributed by atoms with Crippen molar-refractivity contribution in [2.24, 2.45) is 11.8 Å². The van der Waals surface area contributed by atoms with E-state index in [0.717, 1.165) is 17.7 Å². The molecule has 3 fully saturated rings. The van der Waals surface area contributed by atoms with Crippen molar-refractivity contribution < 1.29 is 51.4 Å². The molecule has 6 rings (SSSR count). The van der Waals surface area contributed by atoms with Gasteiger partial charge in [-0.3, -0.25) is 33.8 Å². The Hall–Kier alpha value is -5.96. The average molecular weight is 883 g/mol. The number of nitrogens with one attached hydrogen (secondary N) is 5. The van der Waals surface area contributed by atoms with Gasteiger partial charge in [0, 0.05) is 82.4 Å². The van der Waals surface area contributed by atoms with E-state index in [-0.39, 0.29) is 124 Å². The lowest BCUT2D eigenvalue weighted by atomic mass is 9.85. The fourth-order valence-corrected chi connectivity index (χ4v) is 8.11. The second-order valence-electron chi connectivity index (χ2n) is 15.8. The Morgan fingerprint density at radius 1 is 0.873 bits per heavy atom. The number of ether oxygens (including phenoxy) is 2. The number of fused-ring (bicyclic) bond motifs is 1.